The molecular weight excluding hydrogens is 445 g/mol. The minimum atomic E-state index is -4.41. The lowest BCUT2D eigenvalue weighted by atomic mass is 10.1. The van der Waals surface area contributed by atoms with Gasteiger partial charge in [-0.2, -0.15) is 18.2 Å². The van der Waals surface area contributed by atoms with E-state index in [1.807, 2.05) is 6.07 Å². The van der Waals surface area contributed by atoms with Gasteiger partial charge in [0.25, 0.3) is 0 Å². The smallest absolute Gasteiger partial charge is 0.338 e. The number of nitrogens with one attached hydrogen (secondary N) is 1. The Balaban J connectivity index is 1.46. The van der Waals surface area contributed by atoms with Crippen molar-refractivity contribution in [3.05, 3.63) is 66.3 Å². The van der Waals surface area contributed by atoms with Gasteiger partial charge in [0.15, 0.2) is 5.16 Å². The molecule has 0 bridgehead atoms. The fraction of sp³-hybridized carbons (Fsp3) is 0.150. The average Bonchev–Trinajstić information content (AvgIpc) is 3.41. The predicted octanol–water partition coefficient (Wildman–Crippen LogP) is 4.59. The maximum Gasteiger partial charge on any atom is 0.416 e. The number of anilines is 1. The molecule has 1 amide bonds. The highest BCUT2D eigenvalue weighted by Crippen LogP contribution is 2.31. The van der Waals surface area contributed by atoms with Crippen LogP contribution in [-0.4, -0.2) is 30.8 Å². The van der Waals surface area contributed by atoms with Crippen molar-refractivity contribution in [3.8, 4) is 17.1 Å². The normalized spacial score (nSPS) is 11.5. The van der Waals surface area contributed by atoms with Crippen LogP contribution in [0, 0.1) is 0 Å². The number of rotatable bonds is 6. The van der Waals surface area contributed by atoms with Crippen molar-refractivity contribution in [2.24, 2.45) is 0 Å². The zero-order chi connectivity index (χ0) is 22.7. The molecule has 12 heteroatoms. The average molecular weight is 460 g/mol. The van der Waals surface area contributed by atoms with E-state index in [1.165, 1.54) is 37.1 Å². The van der Waals surface area contributed by atoms with Crippen LogP contribution in [0.25, 0.3) is 17.1 Å². The molecule has 2 aromatic carbocycles. The topological polar surface area (TPSA) is 98.7 Å². The van der Waals surface area contributed by atoms with Crippen LogP contribution in [0.4, 0.5) is 18.9 Å². The van der Waals surface area contributed by atoms with E-state index in [1.54, 1.807) is 22.8 Å². The summed E-state index contributed by atoms with van der Waals surface area (Å²) < 4.78 is 45.1. The van der Waals surface area contributed by atoms with Crippen molar-refractivity contribution in [2.75, 3.05) is 5.32 Å². The van der Waals surface area contributed by atoms with Crippen LogP contribution in [-0.2, 0) is 16.7 Å². The van der Waals surface area contributed by atoms with Crippen molar-refractivity contribution in [1.82, 2.24) is 24.9 Å². The first-order valence-corrected chi connectivity index (χ1v) is 10.2. The van der Waals surface area contributed by atoms with E-state index in [-0.39, 0.29) is 23.4 Å². The third-order valence-corrected chi connectivity index (χ3v) is 5.15. The summed E-state index contributed by atoms with van der Waals surface area (Å²) in [5, 5.41) is 15.1. The molecule has 0 aliphatic rings. The molecule has 4 rings (SSSR count). The lowest BCUT2D eigenvalue weighted by molar-refractivity contribution is -0.137. The highest BCUT2D eigenvalue weighted by Gasteiger charge is 2.30. The van der Waals surface area contributed by atoms with Gasteiger partial charge in [0.2, 0.25) is 17.6 Å². The van der Waals surface area contributed by atoms with Crippen molar-refractivity contribution in [3.63, 3.8) is 0 Å². The minimum Gasteiger partial charge on any atom is -0.338 e. The monoisotopic (exact) mass is 460 g/mol. The van der Waals surface area contributed by atoms with Crippen molar-refractivity contribution in [1.29, 1.82) is 0 Å². The fourth-order valence-corrected chi connectivity index (χ4v) is 3.57. The first-order chi connectivity index (χ1) is 15.3. The van der Waals surface area contributed by atoms with Gasteiger partial charge in [0.05, 0.1) is 17.0 Å². The summed E-state index contributed by atoms with van der Waals surface area (Å²) in [5.74, 6) is 0.573. The molecule has 0 saturated carbocycles. The molecule has 0 aliphatic heterocycles. The summed E-state index contributed by atoms with van der Waals surface area (Å²) in [6, 6.07) is 11.7. The molecule has 0 fully saturated rings. The van der Waals surface area contributed by atoms with E-state index >= 15 is 0 Å². The molecule has 8 nitrogen and oxygen atoms in total. The third-order valence-electron chi connectivity index (χ3n) is 4.22. The number of benzene rings is 2. The Morgan fingerprint density at radius 2 is 1.97 bits per heavy atom. The van der Waals surface area contributed by atoms with Crippen molar-refractivity contribution in [2.45, 2.75) is 24.0 Å². The molecule has 164 valence electrons. The molecule has 0 spiro atoms. The Kier molecular flexibility index (Phi) is 5.95. The number of thioether (sulfide) groups is 1. The van der Waals surface area contributed by atoms with Crippen LogP contribution in [0.3, 0.4) is 0 Å². The van der Waals surface area contributed by atoms with Crippen LogP contribution >= 0.6 is 11.8 Å². The third kappa shape index (κ3) is 4.97. The fourth-order valence-electron chi connectivity index (χ4n) is 2.80. The lowest BCUT2D eigenvalue weighted by Gasteiger charge is -2.08. The van der Waals surface area contributed by atoms with Crippen LogP contribution in [0.2, 0.25) is 0 Å². The van der Waals surface area contributed by atoms with Crippen LogP contribution in [0.1, 0.15) is 18.4 Å². The Morgan fingerprint density at radius 3 is 2.69 bits per heavy atom. The number of amides is 1. The Bertz CT molecular complexity index is 1240. The number of carbonyl (C=O) groups excluding carboxylic acids is 1. The lowest BCUT2D eigenvalue weighted by Crippen LogP contribution is -2.06. The zero-order valence-electron chi connectivity index (χ0n) is 16.5. The first kappa shape index (κ1) is 21.6. The molecule has 32 heavy (non-hydrogen) atoms. The number of hydrogen-bond donors (Lipinski definition) is 1. The van der Waals surface area contributed by atoms with Gasteiger partial charge in [-0.3, -0.25) is 9.36 Å². The SMILES string of the molecule is CC(=O)Nc1cccc(-n2cnnc2SCc2nc(-c3ccc(C(F)(F)F)cc3)no2)c1. The van der Waals surface area contributed by atoms with Gasteiger partial charge < -0.3 is 9.84 Å². The highest BCUT2D eigenvalue weighted by atomic mass is 32.2. The Labute approximate surface area is 183 Å². The second-order valence-electron chi connectivity index (χ2n) is 6.59. The van der Waals surface area contributed by atoms with Crippen LogP contribution in [0.5, 0.6) is 0 Å². The van der Waals surface area contributed by atoms with Gasteiger partial charge in [-0.15, -0.1) is 10.2 Å². The van der Waals surface area contributed by atoms with Gasteiger partial charge in [0.1, 0.15) is 6.33 Å². The summed E-state index contributed by atoms with van der Waals surface area (Å²) in [5.41, 5.74) is 1.05. The number of alkyl halides is 3. The van der Waals surface area contributed by atoms with Gasteiger partial charge in [0, 0.05) is 18.2 Å². The zero-order valence-corrected chi connectivity index (χ0v) is 17.3. The van der Waals surface area contributed by atoms with Crippen LogP contribution in [0.15, 0.2) is 64.5 Å². The molecule has 0 saturated heterocycles. The van der Waals surface area contributed by atoms with E-state index in [9.17, 15) is 18.0 Å². The minimum absolute atomic E-state index is 0.180. The second kappa shape index (κ2) is 8.83. The second-order valence-corrected chi connectivity index (χ2v) is 7.53. The molecule has 0 unspecified atom stereocenters. The highest BCUT2D eigenvalue weighted by molar-refractivity contribution is 7.98. The van der Waals surface area contributed by atoms with Gasteiger partial charge >= 0.3 is 6.18 Å². The van der Waals surface area contributed by atoms with Crippen molar-refractivity contribution >= 4 is 23.4 Å². The predicted molar refractivity (Wildman–Crippen MR) is 110 cm³/mol. The van der Waals surface area contributed by atoms with E-state index in [0.717, 1.165) is 17.8 Å². The number of aromatic nitrogens is 5. The number of carbonyl (C=O) groups is 1. The Morgan fingerprint density at radius 1 is 1.19 bits per heavy atom. The molecule has 0 radical (unpaired) electrons. The molecule has 4 aromatic rings. The molecule has 0 aliphatic carbocycles. The number of nitrogens with zero attached hydrogens (tertiary/aromatic N) is 5. The number of halogens is 3. The van der Waals surface area contributed by atoms with E-state index in [2.05, 4.69) is 25.7 Å². The maximum atomic E-state index is 12.7. The Hall–Kier alpha value is -3.67. The van der Waals surface area contributed by atoms with Crippen molar-refractivity contribution < 1.29 is 22.5 Å². The molecule has 2 heterocycles. The molecule has 1 N–H and O–H groups in total. The van der Waals surface area contributed by atoms with E-state index in [4.69, 9.17) is 4.52 Å². The van der Waals surface area contributed by atoms with Gasteiger partial charge in [-0.25, -0.2) is 0 Å². The van der Waals surface area contributed by atoms with Gasteiger partial charge in [-0.1, -0.05) is 35.1 Å². The summed E-state index contributed by atoms with van der Waals surface area (Å²) >= 11 is 1.29. The summed E-state index contributed by atoms with van der Waals surface area (Å²) in [6.07, 6.45) is -2.87. The molecular formula is C20H15F3N6O2S. The van der Waals surface area contributed by atoms with E-state index in [0.29, 0.717) is 16.4 Å². The number of hydrogen-bond acceptors (Lipinski definition) is 7. The van der Waals surface area contributed by atoms with Gasteiger partial charge in [-0.05, 0) is 30.3 Å². The maximum absolute atomic E-state index is 12.7. The summed E-state index contributed by atoms with van der Waals surface area (Å²) in [7, 11) is 0. The summed E-state index contributed by atoms with van der Waals surface area (Å²) in [4.78, 5) is 15.5. The van der Waals surface area contributed by atoms with Crippen LogP contribution < -0.4 is 5.32 Å². The molecule has 2 aromatic heterocycles. The largest absolute Gasteiger partial charge is 0.416 e. The van der Waals surface area contributed by atoms with E-state index < -0.39 is 11.7 Å². The summed E-state index contributed by atoms with van der Waals surface area (Å²) in [6.45, 7) is 1.43. The quantitative estimate of drug-likeness (QED) is 0.420. The molecule has 0 atom stereocenters. The first-order valence-electron chi connectivity index (χ1n) is 9.20. The standard InChI is InChI=1S/C20H15F3N6O2S/c1-12(30)25-15-3-2-4-16(9-15)29-11-24-27-19(29)32-10-17-26-18(28-31-17)13-5-7-14(8-6-13)20(21,22)23/h2-9,11H,10H2,1H3,(H,25,30).